The molecule has 2 atom stereocenters. The summed E-state index contributed by atoms with van der Waals surface area (Å²) in [6, 6.07) is 5.05. The highest BCUT2D eigenvalue weighted by Gasteiger charge is 2.39. The number of aromatic nitrogens is 1. The molecular weight excluding hydrogens is 214 g/mol. The molecule has 3 rings (SSSR count). The molecule has 1 aromatic rings. The molecule has 2 aliphatic heterocycles. The molecule has 0 radical (unpaired) electrons. The van der Waals surface area contributed by atoms with Gasteiger partial charge in [-0.3, -0.25) is 4.90 Å². The second-order valence-electron chi connectivity index (χ2n) is 5.23. The van der Waals surface area contributed by atoms with Crippen molar-refractivity contribution in [2.75, 3.05) is 5.73 Å². The first-order chi connectivity index (χ1) is 8.24. The van der Waals surface area contributed by atoms with E-state index in [-0.39, 0.29) is 6.10 Å². The zero-order valence-corrected chi connectivity index (χ0v) is 9.92. The van der Waals surface area contributed by atoms with E-state index in [2.05, 4.69) is 9.88 Å². The Morgan fingerprint density at radius 3 is 2.71 bits per heavy atom. The normalized spacial score (nSPS) is 32.9. The number of aliphatic hydroxyl groups excluding tert-OH is 1. The van der Waals surface area contributed by atoms with Crippen LogP contribution >= 0.6 is 0 Å². The Balaban J connectivity index is 1.76. The zero-order chi connectivity index (χ0) is 11.8. The van der Waals surface area contributed by atoms with E-state index < -0.39 is 0 Å². The van der Waals surface area contributed by atoms with Gasteiger partial charge in [0.05, 0.1) is 6.10 Å². The third-order valence-electron chi connectivity index (χ3n) is 4.14. The molecule has 1 aromatic heterocycles. The minimum atomic E-state index is -0.102. The third kappa shape index (κ3) is 2.03. The molecule has 0 aromatic carbocycles. The van der Waals surface area contributed by atoms with Gasteiger partial charge in [-0.05, 0) is 31.7 Å². The topological polar surface area (TPSA) is 62.4 Å². The summed E-state index contributed by atoms with van der Waals surface area (Å²) in [6.07, 6.45) is 5.87. The fourth-order valence-corrected chi connectivity index (χ4v) is 3.28. The number of fused-ring (bicyclic) bond motifs is 2. The van der Waals surface area contributed by atoms with Crippen LogP contribution in [0.2, 0.25) is 0 Å². The Bertz CT molecular complexity index is 395. The van der Waals surface area contributed by atoms with Crippen LogP contribution in [-0.4, -0.2) is 33.2 Å². The van der Waals surface area contributed by atoms with E-state index in [4.69, 9.17) is 5.73 Å². The minimum absolute atomic E-state index is 0.102. The molecule has 3 heterocycles. The van der Waals surface area contributed by atoms with E-state index in [1.54, 1.807) is 6.20 Å². The molecule has 2 unspecified atom stereocenters. The fourth-order valence-electron chi connectivity index (χ4n) is 3.28. The molecule has 0 spiro atoms. The maximum Gasteiger partial charge on any atom is 0.127 e. The van der Waals surface area contributed by atoms with E-state index in [0.717, 1.165) is 24.9 Å². The second-order valence-corrected chi connectivity index (χ2v) is 5.23. The highest BCUT2D eigenvalue weighted by Crippen LogP contribution is 2.37. The first-order valence-corrected chi connectivity index (χ1v) is 6.37. The van der Waals surface area contributed by atoms with Crippen molar-refractivity contribution in [2.45, 2.75) is 50.4 Å². The number of rotatable bonds is 2. The number of nitrogens with two attached hydrogens (primary N) is 1. The van der Waals surface area contributed by atoms with Crippen LogP contribution in [0.4, 0.5) is 5.82 Å². The van der Waals surface area contributed by atoms with Crippen LogP contribution in [0.25, 0.3) is 0 Å². The van der Waals surface area contributed by atoms with E-state index in [9.17, 15) is 5.11 Å². The number of aliphatic hydroxyl groups is 1. The van der Waals surface area contributed by atoms with Gasteiger partial charge in [0, 0.05) is 30.4 Å². The van der Waals surface area contributed by atoms with Crippen LogP contribution in [0.1, 0.15) is 31.2 Å². The SMILES string of the molecule is Nc1ncccc1CN1C2CCC1CC(O)C2. The maximum absolute atomic E-state index is 9.76. The molecule has 0 amide bonds. The molecule has 2 saturated heterocycles. The fraction of sp³-hybridized carbons (Fsp3) is 0.615. The number of nitrogen functional groups attached to an aromatic ring is 1. The van der Waals surface area contributed by atoms with E-state index in [1.807, 2.05) is 12.1 Å². The standard InChI is InChI=1S/C13H19N3O/c14-13-9(2-1-5-15-13)8-16-10-3-4-11(16)7-12(17)6-10/h1-2,5,10-12,17H,3-4,6-8H2,(H2,14,15). The predicted octanol–water partition coefficient (Wildman–Crippen LogP) is 1.15. The minimum Gasteiger partial charge on any atom is -0.393 e. The maximum atomic E-state index is 9.76. The molecule has 2 bridgehead atoms. The van der Waals surface area contributed by atoms with Crippen molar-refractivity contribution in [3.05, 3.63) is 23.9 Å². The number of anilines is 1. The van der Waals surface area contributed by atoms with Gasteiger partial charge in [-0.25, -0.2) is 4.98 Å². The molecule has 2 fully saturated rings. The average molecular weight is 233 g/mol. The lowest BCUT2D eigenvalue weighted by atomic mass is 9.99. The molecule has 3 N–H and O–H groups in total. The van der Waals surface area contributed by atoms with Gasteiger partial charge in [0.25, 0.3) is 0 Å². The van der Waals surface area contributed by atoms with Crippen LogP contribution in [0, 0.1) is 0 Å². The lowest BCUT2D eigenvalue weighted by Crippen LogP contribution is -2.44. The molecule has 17 heavy (non-hydrogen) atoms. The molecule has 0 aliphatic carbocycles. The quantitative estimate of drug-likeness (QED) is 0.804. The van der Waals surface area contributed by atoms with Crippen molar-refractivity contribution in [1.82, 2.24) is 9.88 Å². The molecule has 92 valence electrons. The van der Waals surface area contributed by atoms with Crippen molar-refractivity contribution in [3.63, 3.8) is 0 Å². The highest BCUT2D eigenvalue weighted by molar-refractivity contribution is 5.38. The van der Waals surface area contributed by atoms with Crippen LogP contribution in [0.5, 0.6) is 0 Å². The predicted molar refractivity (Wildman–Crippen MR) is 66.2 cm³/mol. The van der Waals surface area contributed by atoms with Gasteiger partial charge < -0.3 is 10.8 Å². The lowest BCUT2D eigenvalue weighted by molar-refractivity contribution is 0.0311. The molecule has 4 heteroatoms. The van der Waals surface area contributed by atoms with Gasteiger partial charge >= 0.3 is 0 Å². The van der Waals surface area contributed by atoms with Gasteiger partial charge in [0.2, 0.25) is 0 Å². The molecular formula is C13H19N3O. The summed E-state index contributed by atoms with van der Waals surface area (Å²) in [7, 11) is 0. The van der Waals surface area contributed by atoms with Crippen molar-refractivity contribution < 1.29 is 5.11 Å². The summed E-state index contributed by atoms with van der Waals surface area (Å²) in [5.74, 6) is 0.637. The van der Waals surface area contributed by atoms with Gasteiger partial charge in [-0.15, -0.1) is 0 Å². The summed E-state index contributed by atoms with van der Waals surface area (Å²) >= 11 is 0. The van der Waals surface area contributed by atoms with Crippen LogP contribution in [-0.2, 0) is 6.54 Å². The molecule has 2 aliphatic rings. The summed E-state index contributed by atoms with van der Waals surface area (Å²) in [6.45, 7) is 0.877. The Morgan fingerprint density at radius 2 is 2.06 bits per heavy atom. The number of nitrogens with zero attached hydrogens (tertiary/aromatic N) is 2. The van der Waals surface area contributed by atoms with Gasteiger partial charge in [0.1, 0.15) is 5.82 Å². The number of hydrogen-bond donors (Lipinski definition) is 2. The highest BCUT2D eigenvalue weighted by atomic mass is 16.3. The van der Waals surface area contributed by atoms with Crippen molar-refractivity contribution in [2.24, 2.45) is 0 Å². The molecule has 4 nitrogen and oxygen atoms in total. The van der Waals surface area contributed by atoms with E-state index in [0.29, 0.717) is 17.9 Å². The summed E-state index contributed by atoms with van der Waals surface area (Å²) < 4.78 is 0. The van der Waals surface area contributed by atoms with Gasteiger partial charge in [-0.1, -0.05) is 6.07 Å². The Morgan fingerprint density at radius 1 is 1.35 bits per heavy atom. The number of hydrogen-bond acceptors (Lipinski definition) is 4. The van der Waals surface area contributed by atoms with Crippen molar-refractivity contribution in [1.29, 1.82) is 0 Å². The van der Waals surface area contributed by atoms with Crippen LogP contribution < -0.4 is 5.73 Å². The largest absolute Gasteiger partial charge is 0.393 e. The second kappa shape index (κ2) is 4.27. The Hall–Kier alpha value is -1.13. The first kappa shape index (κ1) is 11.0. The Kier molecular flexibility index (Phi) is 2.76. The lowest BCUT2D eigenvalue weighted by Gasteiger charge is -2.37. The average Bonchev–Trinajstić information content (AvgIpc) is 2.56. The number of piperidine rings is 1. The van der Waals surface area contributed by atoms with Gasteiger partial charge in [0.15, 0.2) is 0 Å². The van der Waals surface area contributed by atoms with E-state index >= 15 is 0 Å². The smallest absolute Gasteiger partial charge is 0.127 e. The summed E-state index contributed by atoms with van der Waals surface area (Å²) in [4.78, 5) is 6.63. The van der Waals surface area contributed by atoms with Crippen LogP contribution in [0.15, 0.2) is 18.3 Å². The Labute approximate surface area is 101 Å². The number of pyridine rings is 1. The zero-order valence-electron chi connectivity index (χ0n) is 9.92. The summed E-state index contributed by atoms with van der Waals surface area (Å²) in [5.41, 5.74) is 7.00. The van der Waals surface area contributed by atoms with Crippen LogP contribution in [0.3, 0.4) is 0 Å². The molecule has 0 saturated carbocycles. The van der Waals surface area contributed by atoms with Crippen molar-refractivity contribution >= 4 is 5.82 Å². The summed E-state index contributed by atoms with van der Waals surface area (Å²) in [5, 5.41) is 9.76. The first-order valence-electron chi connectivity index (χ1n) is 6.37. The van der Waals surface area contributed by atoms with Gasteiger partial charge in [-0.2, -0.15) is 0 Å². The van der Waals surface area contributed by atoms with E-state index in [1.165, 1.54) is 12.8 Å². The monoisotopic (exact) mass is 233 g/mol. The van der Waals surface area contributed by atoms with Crippen molar-refractivity contribution in [3.8, 4) is 0 Å². The third-order valence-corrected chi connectivity index (χ3v) is 4.14.